The van der Waals surface area contributed by atoms with Crippen LogP contribution in [0.4, 0.5) is 0 Å². The normalized spacial score (nSPS) is 20.3. The van der Waals surface area contributed by atoms with Gasteiger partial charge in [0.05, 0.1) is 39.5 Å². The molecular formula is C41H46N2O8. The molecule has 4 atom stereocenters. The Hall–Kier alpha value is -4.74. The quantitative estimate of drug-likeness (QED) is 0.150. The summed E-state index contributed by atoms with van der Waals surface area (Å²) in [7, 11) is 3.32. The second-order valence-corrected chi connectivity index (χ2v) is 13.3. The van der Waals surface area contributed by atoms with Crippen molar-refractivity contribution in [2.24, 2.45) is 5.92 Å². The highest BCUT2D eigenvalue weighted by Crippen LogP contribution is 2.43. The lowest BCUT2D eigenvalue weighted by atomic mass is 9.89. The first kappa shape index (κ1) is 36.1. The second kappa shape index (κ2) is 16.5. The summed E-state index contributed by atoms with van der Waals surface area (Å²) >= 11 is 0. The number of hydrogen-bond donors (Lipinski definition) is 3. The van der Waals surface area contributed by atoms with E-state index in [2.05, 4.69) is 35.3 Å². The number of aliphatic hydroxyl groups excluding tert-OH is 1. The number of ether oxygens (including phenoxy) is 4. The summed E-state index contributed by atoms with van der Waals surface area (Å²) in [6, 6.07) is 28.2. The van der Waals surface area contributed by atoms with Gasteiger partial charge in [-0.3, -0.25) is 14.5 Å². The van der Waals surface area contributed by atoms with Gasteiger partial charge in [-0.2, -0.15) is 0 Å². The summed E-state index contributed by atoms with van der Waals surface area (Å²) in [6.45, 7) is 4.85. The molecule has 6 rings (SSSR count). The smallest absolute Gasteiger partial charge is 0.303 e. The Kier molecular flexibility index (Phi) is 11.7. The van der Waals surface area contributed by atoms with E-state index in [1.54, 1.807) is 14.2 Å². The average Bonchev–Trinajstić information content (AvgIpc) is 3.16. The minimum atomic E-state index is -0.996. The fraction of sp³-hybridized carbons (Fsp3) is 0.366. The van der Waals surface area contributed by atoms with Crippen molar-refractivity contribution in [2.75, 3.05) is 27.3 Å². The van der Waals surface area contributed by atoms with E-state index in [0.717, 1.165) is 70.9 Å². The third-order valence-corrected chi connectivity index (χ3v) is 9.83. The van der Waals surface area contributed by atoms with Gasteiger partial charge in [0, 0.05) is 44.1 Å². The molecule has 268 valence electrons. The van der Waals surface area contributed by atoms with Gasteiger partial charge in [-0.05, 0) is 69.6 Å². The number of benzene rings is 4. The molecule has 3 N–H and O–H groups in total. The predicted octanol–water partition coefficient (Wildman–Crippen LogP) is 6.19. The monoisotopic (exact) mass is 694 g/mol. The fourth-order valence-corrected chi connectivity index (χ4v) is 6.92. The zero-order chi connectivity index (χ0) is 35.9. The molecule has 0 spiro atoms. The van der Waals surface area contributed by atoms with Crippen LogP contribution in [-0.4, -0.2) is 60.4 Å². The zero-order valence-electron chi connectivity index (χ0n) is 29.3. The van der Waals surface area contributed by atoms with Crippen molar-refractivity contribution < 1.29 is 38.7 Å². The standard InChI is InChI=1S/C41H46N2O8/c1-26-37(24-43-17-16-32-20-35(48-2)36(49-3)21-34(32)23-43)50-41(51-40(26)29-12-10-27(25-44)11-13-29)33-9-5-8-31(19-33)30-7-4-6-28(18-30)22-42-38(45)14-15-39(46)47/h4-13,18-21,26,37,40-41,44H,14-17,22-25H2,1-3H3,(H,42,45)(H,46,47)/t26-,37+,40+,41+/m0/s1. The maximum absolute atomic E-state index is 12.1. The van der Waals surface area contributed by atoms with E-state index in [1.807, 2.05) is 66.7 Å². The number of carbonyl (C=O) groups is 2. The van der Waals surface area contributed by atoms with Crippen molar-refractivity contribution in [3.05, 3.63) is 118 Å². The van der Waals surface area contributed by atoms with E-state index in [9.17, 15) is 14.7 Å². The summed E-state index contributed by atoms with van der Waals surface area (Å²) < 4.78 is 24.8. The van der Waals surface area contributed by atoms with Crippen molar-refractivity contribution in [2.45, 2.75) is 64.4 Å². The number of methoxy groups -OCH3 is 2. The molecule has 2 heterocycles. The molecule has 1 amide bonds. The average molecular weight is 695 g/mol. The number of aliphatic carboxylic acids is 1. The van der Waals surface area contributed by atoms with Crippen LogP contribution in [0, 0.1) is 5.92 Å². The summed E-state index contributed by atoms with van der Waals surface area (Å²) in [5.74, 6) is 0.223. The Bertz CT molecular complexity index is 1830. The molecular weight excluding hydrogens is 648 g/mol. The Balaban J connectivity index is 1.23. The maximum Gasteiger partial charge on any atom is 0.303 e. The number of carbonyl (C=O) groups excluding carboxylic acids is 1. The van der Waals surface area contributed by atoms with Crippen LogP contribution in [0.25, 0.3) is 11.1 Å². The van der Waals surface area contributed by atoms with E-state index in [0.29, 0.717) is 6.54 Å². The van der Waals surface area contributed by atoms with Crippen LogP contribution in [-0.2, 0) is 45.2 Å². The Morgan fingerprint density at radius 3 is 2.25 bits per heavy atom. The molecule has 2 aliphatic rings. The van der Waals surface area contributed by atoms with Gasteiger partial charge in [-0.1, -0.05) is 67.6 Å². The molecule has 4 aromatic carbocycles. The molecule has 0 unspecified atom stereocenters. The van der Waals surface area contributed by atoms with Crippen LogP contribution in [0.3, 0.4) is 0 Å². The molecule has 0 aliphatic carbocycles. The van der Waals surface area contributed by atoms with Crippen LogP contribution in [0.1, 0.15) is 65.5 Å². The number of fused-ring (bicyclic) bond motifs is 1. The van der Waals surface area contributed by atoms with Crippen LogP contribution >= 0.6 is 0 Å². The van der Waals surface area contributed by atoms with E-state index in [4.69, 9.17) is 24.1 Å². The first-order valence-corrected chi connectivity index (χ1v) is 17.4. The number of carboxylic acids is 1. The molecule has 0 aromatic heterocycles. The molecule has 1 saturated heterocycles. The van der Waals surface area contributed by atoms with Gasteiger partial charge >= 0.3 is 5.97 Å². The Labute approximate surface area is 298 Å². The number of nitrogens with zero attached hydrogens (tertiary/aromatic N) is 1. The first-order chi connectivity index (χ1) is 24.7. The lowest BCUT2D eigenvalue weighted by Gasteiger charge is -2.43. The highest BCUT2D eigenvalue weighted by Gasteiger charge is 2.39. The largest absolute Gasteiger partial charge is 0.493 e. The molecule has 2 aliphatic heterocycles. The van der Waals surface area contributed by atoms with Crippen molar-refractivity contribution in [3.63, 3.8) is 0 Å². The molecule has 10 heteroatoms. The minimum absolute atomic E-state index is 0.0199. The molecule has 10 nitrogen and oxygen atoms in total. The Morgan fingerprint density at radius 2 is 1.55 bits per heavy atom. The predicted molar refractivity (Wildman–Crippen MR) is 192 cm³/mol. The highest BCUT2D eigenvalue weighted by molar-refractivity contribution is 5.80. The molecule has 1 fully saturated rings. The summed E-state index contributed by atoms with van der Waals surface area (Å²) in [6.07, 6.45) is -0.346. The van der Waals surface area contributed by atoms with Crippen LogP contribution in [0.2, 0.25) is 0 Å². The Morgan fingerprint density at radius 1 is 0.843 bits per heavy atom. The fourth-order valence-electron chi connectivity index (χ4n) is 6.92. The minimum Gasteiger partial charge on any atom is -0.493 e. The molecule has 0 radical (unpaired) electrons. The van der Waals surface area contributed by atoms with Crippen molar-refractivity contribution in [3.8, 4) is 22.6 Å². The number of aliphatic hydroxyl groups is 1. The van der Waals surface area contributed by atoms with E-state index >= 15 is 0 Å². The molecule has 0 bridgehead atoms. The van der Waals surface area contributed by atoms with Crippen LogP contribution in [0.5, 0.6) is 11.5 Å². The second-order valence-electron chi connectivity index (χ2n) is 13.3. The number of rotatable bonds is 13. The van der Waals surface area contributed by atoms with Gasteiger partial charge in [0.1, 0.15) is 0 Å². The maximum atomic E-state index is 12.1. The van der Waals surface area contributed by atoms with Gasteiger partial charge in [0.2, 0.25) is 5.91 Å². The van der Waals surface area contributed by atoms with Gasteiger partial charge in [0.15, 0.2) is 17.8 Å². The number of amides is 1. The van der Waals surface area contributed by atoms with Gasteiger partial charge in [-0.15, -0.1) is 0 Å². The van der Waals surface area contributed by atoms with E-state index < -0.39 is 12.3 Å². The summed E-state index contributed by atoms with van der Waals surface area (Å²) in [5, 5.41) is 21.3. The number of hydrogen-bond acceptors (Lipinski definition) is 8. The van der Waals surface area contributed by atoms with Crippen LogP contribution in [0.15, 0.2) is 84.9 Å². The molecule has 0 saturated carbocycles. The topological polar surface area (TPSA) is 127 Å². The van der Waals surface area contributed by atoms with Gasteiger partial charge in [0.25, 0.3) is 0 Å². The lowest BCUT2D eigenvalue weighted by molar-refractivity contribution is -0.276. The first-order valence-electron chi connectivity index (χ1n) is 17.4. The van der Waals surface area contributed by atoms with Crippen molar-refractivity contribution >= 4 is 11.9 Å². The number of carboxylic acid groups (broad SMARTS) is 1. The van der Waals surface area contributed by atoms with Gasteiger partial charge < -0.3 is 34.5 Å². The van der Waals surface area contributed by atoms with E-state index in [1.165, 1.54) is 11.1 Å². The third kappa shape index (κ3) is 8.77. The highest BCUT2D eigenvalue weighted by atomic mass is 16.7. The summed E-state index contributed by atoms with van der Waals surface area (Å²) in [4.78, 5) is 25.4. The lowest BCUT2D eigenvalue weighted by Crippen LogP contribution is -2.45. The van der Waals surface area contributed by atoms with Crippen LogP contribution < -0.4 is 14.8 Å². The van der Waals surface area contributed by atoms with Crippen molar-refractivity contribution in [1.29, 1.82) is 0 Å². The number of nitrogens with one attached hydrogen (secondary N) is 1. The SMILES string of the molecule is COc1cc2c(cc1OC)CN(C[C@H]1O[C@@H](c3cccc(-c4cccc(CNC(=O)CCC(=O)O)c4)c3)O[C@@H](c3ccc(CO)cc3)[C@H]1C)CC2. The molecule has 4 aromatic rings. The van der Waals surface area contributed by atoms with E-state index in [-0.39, 0.29) is 43.5 Å². The molecule has 51 heavy (non-hydrogen) atoms. The van der Waals surface area contributed by atoms with Crippen molar-refractivity contribution in [1.82, 2.24) is 10.2 Å². The summed E-state index contributed by atoms with van der Waals surface area (Å²) in [5.41, 5.74) is 8.14. The third-order valence-electron chi connectivity index (χ3n) is 9.83. The zero-order valence-corrected chi connectivity index (χ0v) is 29.3. The van der Waals surface area contributed by atoms with Gasteiger partial charge in [-0.25, -0.2) is 0 Å².